The zero-order valence-corrected chi connectivity index (χ0v) is 15.4. The van der Waals surface area contributed by atoms with Crippen molar-refractivity contribution in [3.05, 3.63) is 35.9 Å². The van der Waals surface area contributed by atoms with Gasteiger partial charge in [0.15, 0.2) is 6.29 Å². The van der Waals surface area contributed by atoms with Crippen LogP contribution in [0.15, 0.2) is 30.3 Å². The van der Waals surface area contributed by atoms with E-state index in [1.807, 2.05) is 44.2 Å². The summed E-state index contributed by atoms with van der Waals surface area (Å²) >= 11 is 0. The van der Waals surface area contributed by atoms with Crippen LogP contribution in [0.25, 0.3) is 0 Å². The molecule has 25 heavy (non-hydrogen) atoms. The highest BCUT2D eigenvalue weighted by atomic mass is 16.7. The van der Waals surface area contributed by atoms with E-state index in [0.29, 0.717) is 0 Å². The van der Waals surface area contributed by atoms with E-state index in [0.717, 1.165) is 5.56 Å². The molecule has 1 aromatic rings. The number of amides is 2. The second kappa shape index (κ2) is 10.7. The van der Waals surface area contributed by atoms with Crippen LogP contribution in [-0.4, -0.2) is 44.6 Å². The van der Waals surface area contributed by atoms with Crippen LogP contribution in [0.2, 0.25) is 0 Å². The van der Waals surface area contributed by atoms with Crippen molar-refractivity contribution in [2.45, 2.75) is 45.8 Å². The highest BCUT2D eigenvalue weighted by molar-refractivity contribution is 5.85. The van der Waals surface area contributed by atoms with Gasteiger partial charge in [-0.2, -0.15) is 0 Å². The number of rotatable bonds is 9. The summed E-state index contributed by atoms with van der Waals surface area (Å²) in [6.07, 6.45) is -1.22. The minimum Gasteiger partial charge on any atom is -0.445 e. The molecular formula is C18H28N2O5. The summed E-state index contributed by atoms with van der Waals surface area (Å²) in [7, 11) is 3.02. The summed E-state index contributed by atoms with van der Waals surface area (Å²) in [5, 5.41) is 5.35. The van der Waals surface area contributed by atoms with Crippen molar-refractivity contribution in [2.75, 3.05) is 14.2 Å². The normalized spacial score (nSPS) is 13.4. The lowest BCUT2D eigenvalue weighted by Crippen LogP contribution is -2.54. The third-order valence-corrected chi connectivity index (χ3v) is 3.73. The van der Waals surface area contributed by atoms with Crippen molar-refractivity contribution in [3.63, 3.8) is 0 Å². The largest absolute Gasteiger partial charge is 0.445 e. The molecule has 0 unspecified atom stereocenters. The van der Waals surface area contributed by atoms with Crippen LogP contribution in [0.5, 0.6) is 0 Å². The first-order chi connectivity index (χ1) is 11.9. The first kappa shape index (κ1) is 20.9. The lowest BCUT2D eigenvalue weighted by Gasteiger charge is -2.29. The standard InChI is InChI=1S/C18H28N2O5/c1-12(2)15(17(23-4)24-5)20-16(21)13(3)19-18(22)25-11-14-9-7-6-8-10-14/h6-10,12-13,15,17H,11H2,1-5H3,(H,19,22)(H,20,21)/t13-,15-/m0/s1. The highest BCUT2D eigenvalue weighted by Gasteiger charge is 2.28. The molecule has 0 saturated heterocycles. The quantitative estimate of drug-likeness (QED) is 0.665. The number of carbonyl (C=O) groups excluding carboxylic acids is 2. The molecule has 140 valence electrons. The van der Waals surface area contributed by atoms with Crippen LogP contribution in [-0.2, 0) is 25.6 Å². The number of hydrogen-bond donors (Lipinski definition) is 2. The molecule has 0 aliphatic carbocycles. The van der Waals surface area contributed by atoms with E-state index in [1.54, 1.807) is 6.92 Å². The van der Waals surface area contributed by atoms with Crippen LogP contribution in [0, 0.1) is 5.92 Å². The van der Waals surface area contributed by atoms with E-state index in [-0.39, 0.29) is 24.5 Å². The average Bonchev–Trinajstić information content (AvgIpc) is 2.60. The minimum absolute atomic E-state index is 0.0890. The fourth-order valence-corrected chi connectivity index (χ4v) is 2.23. The van der Waals surface area contributed by atoms with Gasteiger partial charge in [0.2, 0.25) is 5.91 Å². The molecule has 0 bridgehead atoms. The summed E-state index contributed by atoms with van der Waals surface area (Å²) < 4.78 is 15.6. The van der Waals surface area contributed by atoms with E-state index in [2.05, 4.69) is 10.6 Å². The van der Waals surface area contributed by atoms with Crippen molar-refractivity contribution in [1.82, 2.24) is 10.6 Å². The van der Waals surface area contributed by atoms with Crippen molar-refractivity contribution >= 4 is 12.0 Å². The Bertz CT molecular complexity index is 532. The van der Waals surface area contributed by atoms with E-state index in [9.17, 15) is 9.59 Å². The predicted molar refractivity (Wildman–Crippen MR) is 93.8 cm³/mol. The SMILES string of the molecule is COC(OC)[C@@H](NC(=O)[C@H](C)NC(=O)OCc1ccccc1)C(C)C. The number of hydrogen-bond acceptors (Lipinski definition) is 5. The van der Waals surface area contributed by atoms with Gasteiger partial charge >= 0.3 is 6.09 Å². The van der Waals surface area contributed by atoms with Gasteiger partial charge < -0.3 is 24.8 Å². The molecule has 7 heteroatoms. The number of carbonyl (C=O) groups is 2. The third-order valence-electron chi connectivity index (χ3n) is 3.73. The number of benzene rings is 1. The number of nitrogens with one attached hydrogen (secondary N) is 2. The van der Waals surface area contributed by atoms with Crippen molar-refractivity contribution in [2.24, 2.45) is 5.92 Å². The Kier molecular flexibility index (Phi) is 8.94. The van der Waals surface area contributed by atoms with Gasteiger partial charge in [-0.05, 0) is 18.4 Å². The Labute approximate surface area is 149 Å². The Morgan fingerprint density at radius 3 is 2.12 bits per heavy atom. The first-order valence-corrected chi connectivity index (χ1v) is 8.22. The molecule has 0 aromatic heterocycles. The molecule has 2 atom stereocenters. The molecule has 1 rings (SSSR count). The predicted octanol–water partition coefficient (Wildman–Crippen LogP) is 2.06. The van der Waals surface area contributed by atoms with Gasteiger partial charge in [-0.3, -0.25) is 4.79 Å². The van der Waals surface area contributed by atoms with Gasteiger partial charge in [0.1, 0.15) is 12.6 Å². The Balaban J connectivity index is 2.50. The molecule has 2 N–H and O–H groups in total. The monoisotopic (exact) mass is 352 g/mol. The van der Waals surface area contributed by atoms with Crippen molar-refractivity contribution in [1.29, 1.82) is 0 Å². The molecule has 7 nitrogen and oxygen atoms in total. The number of ether oxygens (including phenoxy) is 3. The second-order valence-electron chi connectivity index (χ2n) is 6.05. The maximum atomic E-state index is 12.3. The maximum Gasteiger partial charge on any atom is 0.408 e. The van der Waals surface area contributed by atoms with Crippen LogP contribution in [0.3, 0.4) is 0 Å². The Morgan fingerprint density at radius 1 is 1.00 bits per heavy atom. The summed E-state index contributed by atoms with van der Waals surface area (Å²) in [5.41, 5.74) is 0.873. The zero-order valence-electron chi connectivity index (χ0n) is 15.4. The number of methoxy groups -OCH3 is 2. The van der Waals surface area contributed by atoms with Gasteiger partial charge in [-0.25, -0.2) is 4.79 Å². The molecule has 0 fully saturated rings. The van der Waals surface area contributed by atoms with Crippen LogP contribution in [0.1, 0.15) is 26.3 Å². The van der Waals surface area contributed by atoms with Gasteiger partial charge in [-0.15, -0.1) is 0 Å². The molecule has 2 amide bonds. The molecule has 0 aliphatic rings. The minimum atomic E-state index is -0.751. The summed E-state index contributed by atoms with van der Waals surface area (Å²) in [4.78, 5) is 24.1. The molecular weight excluding hydrogens is 324 g/mol. The smallest absolute Gasteiger partial charge is 0.408 e. The highest BCUT2D eigenvalue weighted by Crippen LogP contribution is 2.10. The van der Waals surface area contributed by atoms with E-state index in [1.165, 1.54) is 14.2 Å². The van der Waals surface area contributed by atoms with E-state index >= 15 is 0 Å². The van der Waals surface area contributed by atoms with Crippen molar-refractivity contribution in [3.8, 4) is 0 Å². The topological polar surface area (TPSA) is 85.9 Å². The fourth-order valence-electron chi connectivity index (χ4n) is 2.23. The molecule has 0 spiro atoms. The lowest BCUT2D eigenvalue weighted by molar-refractivity contribution is -0.143. The third kappa shape index (κ3) is 7.11. The Hall–Kier alpha value is -2.12. The molecule has 0 saturated carbocycles. The van der Waals surface area contributed by atoms with Crippen molar-refractivity contribution < 1.29 is 23.8 Å². The summed E-state index contributed by atoms with van der Waals surface area (Å²) in [6.45, 7) is 5.63. The molecule has 1 aromatic carbocycles. The van der Waals surface area contributed by atoms with E-state index in [4.69, 9.17) is 14.2 Å². The zero-order chi connectivity index (χ0) is 18.8. The Morgan fingerprint density at radius 2 is 1.60 bits per heavy atom. The van der Waals surface area contributed by atoms with Gasteiger partial charge in [0.25, 0.3) is 0 Å². The van der Waals surface area contributed by atoms with Crippen LogP contribution >= 0.6 is 0 Å². The molecule has 0 aliphatic heterocycles. The van der Waals surface area contributed by atoms with Gasteiger partial charge in [-0.1, -0.05) is 44.2 Å². The summed E-state index contributed by atoms with van der Waals surface area (Å²) in [5.74, 6) is -0.249. The second-order valence-corrected chi connectivity index (χ2v) is 6.05. The fraction of sp³-hybridized carbons (Fsp3) is 0.556. The summed E-state index contributed by atoms with van der Waals surface area (Å²) in [6, 6.07) is 8.22. The number of alkyl carbamates (subject to hydrolysis) is 1. The average molecular weight is 352 g/mol. The lowest BCUT2D eigenvalue weighted by atomic mass is 10.0. The molecule has 0 radical (unpaired) electrons. The maximum absolute atomic E-state index is 12.3. The first-order valence-electron chi connectivity index (χ1n) is 8.22. The van der Waals surface area contributed by atoms with Crippen LogP contribution in [0.4, 0.5) is 4.79 Å². The molecule has 0 heterocycles. The van der Waals surface area contributed by atoms with Gasteiger partial charge in [0.05, 0.1) is 6.04 Å². The van der Waals surface area contributed by atoms with E-state index < -0.39 is 18.4 Å². The van der Waals surface area contributed by atoms with Gasteiger partial charge in [0, 0.05) is 14.2 Å². The van der Waals surface area contributed by atoms with Crippen LogP contribution < -0.4 is 10.6 Å².